The number of benzene rings is 3. The molecule has 150 valence electrons. The van der Waals surface area contributed by atoms with Gasteiger partial charge in [0.25, 0.3) is 0 Å². The molecule has 0 spiro atoms. The molecule has 0 atom stereocenters. The maximum atomic E-state index is 13.4. The molecule has 1 aromatic heterocycles. The van der Waals surface area contributed by atoms with Crippen LogP contribution in [-0.4, -0.2) is 10.5 Å². The summed E-state index contributed by atoms with van der Waals surface area (Å²) in [5.74, 6) is -0.930. The number of hydrogen-bond acceptors (Lipinski definition) is 1. The quantitative estimate of drug-likeness (QED) is 0.378. The predicted octanol–water partition coefficient (Wildman–Crippen LogP) is 6.19. The molecular weight excluding hydrogens is 382 g/mol. The minimum Gasteiger partial charge on any atom is -0.353 e. The Kier molecular flexibility index (Phi) is 5.70. The number of nitrogens with zero attached hydrogens (tertiary/aromatic N) is 2. The SMILES string of the molecule is O=C(CCn1ccc(-c2ccccc2)c1)N(c1ccc(F)cc1)c1ccc(F)cc1. The third-order valence-corrected chi connectivity index (χ3v) is 4.86. The third-order valence-electron chi connectivity index (χ3n) is 4.86. The van der Waals surface area contributed by atoms with Crippen LogP contribution in [-0.2, 0) is 11.3 Å². The van der Waals surface area contributed by atoms with Crippen LogP contribution < -0.4 is 4.90 Å². The number of carbonyl (C=O) groups is 1. The fourth-order valence-electron chi connectivity index (χ4n) is 3.34. The Bertz CT molecular complexity index is 1070. The maximum Gasteiger partial charge on any atom is 0.233 e. The van der Waals surface area contributed by atoms with Crippen molar-refractivity contribution in [3.8, 4) is 11.1 Å². The van der Waals surface area contributed by atoms with Gasteiger partial charge in [0.2, 0.25) is 5.91 Å². The summed E-state index contributed by atoms with van der Waals surface area (Å²) in [5, 5.41) is 0. The normalized spacial score (nSPS) is 10.7. The van der Waals surface area contributed by atoms with Crippen LogP contribution in [0.3, 0.4) is 0 Å². The summed E-state index contributed by atoms with van der Waals surface area (Å²) >= 11 is 0. The Morgan fingerprint density at radius 1 is 0.733 bits per heavy atom. The van der Waals surface area contributed by atoms with E-state index in [0.29, 0.717) is 17.9 Å². The number of rotatable bonds is 6. The van der Waals surface area contributed by atoms with Gasteiger partial charge in [0.05, 0.1) is 0 Å². The van der Waals surface area contributed by atoms with Crippen LogP contribution in [0.1, 0.15) is 6.42 Å². The van der Waals surface area contributed by atoms with Gasteiger partial charge in [-0.3, -0.25) is 9.69 Å². The Labute approximate surface area is 173 Å². The fourth-order valence-corrected chi connectivity index (χ4v) is 3.34. The first-order valence-corrected chi connectivity index (χ1v) is 9.65. The summed E-state index contributed by atoms with van der Waals surface area (Å²) in [6, 6.07) is 23.4. The van der Waals surface area contributed by atoms with Gasteiger partial charge >= 0.3 is 0 Å². The molecule has 4 aromatic rings. The highest BCUT2D eigenvalue weighted by Gasteiger charge is 2.18. The molecule has 5 heteroatoms. The van der Waals surface area contributed by atoms with Gasteiger partial charge in [-0.2, -0.15) is 0 Å². The zero-order valence-electron chi connectivity index (χ0n) is 16.2. The van der Waals surface area contributed by atoms with Crippen LogP contribution in [0.5, 0.6) is 0 Å². The number of hydrogen-bond donors (Lipinski definition) is 0. The molecule has 3 nitrogen and oxygen atoms in total. The zero-order valence-corrected chi connectivity index (χ0v) is 16.2. The Morgan fingerprint density at radius 3 is 1.87 bits per heavy atom. The van der Waals surface area contributed by atoms with E-state index in [-0.39, 0.29) is 24.0 Å². The van der Waals surface area contributed by atoms with Crippen LogP contribution in [0.25, 0.3) is 11.1 Å². The fraction of sp³-hybridized carbons (Fsp3) is 0.0800. The number of anilines is 2. The smallest absolute Gasteiger partial charge is 0.233 e. The number of halogens is 2. The van der Waals surface area contributed by atoms with Gasteiger partial charge in [0.1, 0.15) is 11.6 Å². The minimum atomic E-state index is -0.383. The molecule has 0 saturated heterocycles. The van der Waals surface area contributed by atoms with Crippen LogP contribution in [0.4, 0.5) is 20.2 Å². The lowest BCUT2D eigenvalue weighted by atomic mass is 10.1. The van der Waals surface area contributed by atoms with Crippen LogP contribution >= 0.6 is 0 Å². The van der Waals surface area contributed by atoms with Crippen molar-refractivity contribution in [3.63, 3.8) is 0 Å². The van der Waals surface area contributed by atoms with E-state index in [4.69, 9.17) is 0 Å². The number of carbonyl (C=O) groups excluding carboxylic acids is 1. The van der Waals surface area contributed by atoms with E-state index >= 15 is 0 Å². The van der Waals surface area contributed by atoms with Crippen molar-refractivity contribution in [2.45, 2.75) is 13.0 Å². The first-order valence-electron chi connectivity index (χ1n) is 9.65. The Morgan fingerprint density at radius 2 is 1.30 bits per heavy atom. The summed E-state index contributed by atoms with van der Waals surface area (Å²) in [6.07, 6.45) is 4.18. The van der Waals surface area contributed by atoms with Gasteiger partial charge < -0.3 is 4.57 Å². The zero-order chi connectivity index (χ0) is 20.9. The highest BCUT2D eigenvalue weighted by atomic mass is 19.1. The highest BCUT2D eigenvalue weighted by Crippen LogP contribution is 2.27. The first kappa shape index (κ1) is 19.6. The summed E-state index contributed by atoms with van der Waals surface area (Å²) < 4.78 is 28.7. The second-order valence-electron chi connectivity index (χ2n) is 6.94. The lowest BCUT2D eigenvalue weighted by Crippen LogP contribution is -2.26. The standard InChI is InChI=1S/C25H20F2N2O/c26-21-6-10-23(11-7-21)29(24-12-8-22(27)9-13-24)25(30)15-17-28-16-14-20(18-28)19-4-2-1-3-5-19/h1-14,16,18H,15,17H2. The van der Waals surface area contributed by atoms with E-state index in [1.165, 1.54) is 29.2 Å². The molecule has 0 N–H and O–H groups in total. The topological polar surface area (TPSA) is 25.2 Å². The van der Waals surface area contributed by atoms with Gasteiger partial charge in [-0.25, -0.2) is 8.78 Å². The Hall–Kier alpha value is -3.73. The predicted molar refractivity (Wildman–Crippen MR) is 114 cm³/mol. The van der Waals surface area contributed by atoms with E-state index in [9.17, 15) is 13.6 Å². The van der Waals surface area contributed by atoms with Crippen molar-refractivity contribution < 1.29 is 13.6 Å². The third kappa shape index (κ3) is 4.46. The van der Waals surface area contributed by atoms with Crippen LogP contribution in [0.15, 0.2) is 97.3 Å². The molecule has 1 amide bonds. The highest BCUT2D eigenvalue weighted by molar-refractivity contribution is 6.00. The lowest BCUT2D eigenvalue weighted by Gasteiger charge is -2.23. The summed E-state index contributed by atoms with van der Waals surface area (Å²) in [5.41, 5.74) is 3.26. The molecule has 0 fully saturated rings. The molecule has 3 aromatic carbocycles. The van der Waals surface area contributed by atoms with Gasteiger partial charge in [0, 0.05) is 36.7 Å². The van der Waals surface area contributed by atoms with Gasteiger partial charge in [-0.05, 0) is 65.7 Å². The van der Waals surface area contributed by atoms with E-state index in [1.807, 2.05) is 53.4 Å². The lowest BCUT2D eigenvalue weighted by molar-refractivity contribution is -0.118. The van der Waals surface area contributed by atoms with E-state index in [1.54, 1.807) is 24.3 Å². The van der Waals surface area contributed by atoms with Gasteiger partial charge in [-0.1, -0.05) is 30.3 Å². The molecule has 0 aliphatic heterocycles. The second kappa shape index (κ2) is 8.74. The number of amides is 1. The second-order valence-corrected chi connectivity index (χ2v) is 6.94. The molecule has 0 bridgehead atoms. The van der Waals surface area contributed by atoms with Crippen molar-refractivity contribution in [2.75, 3.05) is 4.90 Å². The molecule has 0 aliphatic rings. The average molecular weight is 402 g/mol. The first-order chi connectivity index (χ1) is 14.6. The number of aromatic nitrogens is 1. The summed E-state index contributed by atoms with van der Waals surface area (Å²) in [7, 11) is 0. The van der Waals surface area contributed by atoms with Gasteiger partial charge in [0.15, 0.2) is 0 Å². The molecule has 1 heterocycles. The minimum absolute atomic E-state index is 0.164. The van der Waals surface area contributed by atoms with Gasteiger partial charge in [-0.15, -0.1) is 0 Å². The van der Waals surface area contributed by atoms with Crippen LogP contribution in [0.2, 0.25) is 0 Å². The van der Waals surface area contributed by atoms with Crippen molar-refractivity contribution >= 4 is 17.3 Å². The maximum absolute atomic E-state index is 13.4. The molecule has 30 heavy (non-hydrogen) atoms. The van der Waals surface area contributed by atoms with E-state index in [0.717, 1.165) is 11.1 Å². The summed E-state index contributed by atoms with van der Waals surface area (Å²) in [4.78, 5) is 14.6. The number of aryl methyl sites for hydroxylation is 1. The van der Waals surface area contributed by atoms with Crippen molar-refractivity contribution in [1.29, 1.82) is 0 Å². The molecule has 0 radical (unpaired) electrons. The monoisotopic (exact) mass is 402 g/mol. The Balaban J connectivity index is 1.53. The van der Waals surface area contributed by atoms with Crippen molar-refractivity contribution in [1.82, 2.24) is 4.57 Å². The van der Waals surface area contributed by atoms with Crippen molar-refractivity contribution in [2.24, 2.45) is 0 Å². The van der Waals surface area contributed by atoms with Crippen LogP contribution in [0, 0.1) is 11.6 Å². The molecule has 4 rings (SSSR count). The average Bonchev–Trinajstić information content (AvgIpc) is 3.25. The summed E-state index contributed by atoms with van der Waals surface area (Å²) in [6.45, 7) is 0.491. The van der Waals surface area contributed by atoms with E-state index < -0.39 is 0 Å². The molecule has 0 aliphatic carbocycles. The van der Waals surface area contributed by atoms with Crippen molar-refractivity contribution in [3.05, 3.63) is 109 Å². The largest absolute Gasteiger partial charge is 0.353 e. The molecule has 0 unspecified atom stereocenters. The molecular formula is C25H20F2N2O. The molecule has 0 saturated carbocycles. The van der Waals surface area contributed by atoms with E-state index in [2.05, 4.69) is 0 Å².